The number of allylic oxidation sites excluding steroid dienone is 4. The lowest BCUT2D eigenvalue weighted by Gasteiger charge is -2.22. The lowest BCUT2D eigenvalue weighted by molar-refractivity contribution is 0.0697. The van der Waals surface area contributed by atoms with Crippen molar-refractivity contribution in [3.63, 3.8) is 0 Å². The summed E-state index contributed by atoms with van der Waals surface area (Å²) >= 11 is 0. The SMILES string of the molecule is CC.O=C(O)c1cccc(N2CC=C(C3=NCC=C/C=C\C3)C=N2)c1. The Kier molecular flexibility index (Phi) is 6.89. The molecule has 5 nitrogen and oxygen atoms in total. The first-order valence-electron chi connectivity index (χ1n) is 8.44. The number of hydrogen-bond acceptors (Lipinski definition) is 4. The second-order valence-corrected chi connectivity index (χ2v) is 5.19. The normalized spacial score (nSPS) is 17.4. The Balaban J connectivity index is 0.00000109. The van der Waals surface area contributed by atoms with Crippen LogP contribution in [-0.2, 0) is 0 Å². The molecule has 3 rings (SSSR count). The molecule has 0 saturated heterocycles. The van der Waals surface area contributed by atoms with Crippen molar-refractivity contribution in [1.82, 2.24) is 0 Å². The molecule has 0 amide bonds. The van der Waals surface area contributed by atoms with Gasteiger partial charge in [0.05, 0.1) is 30.6 Å². The first kappa shape index (κ1) is 18.4. The van der Waals surface area contributed by atoms with Gasteiger partial charge < -0.3 is 5.11 Å². The maximum atomic E-state index is 11.1. The van der Waals surface area contributed by atoms with Crippen LogP contribution in [0.2, 0.25) is 0 Å². The third-order valence-corrected chi connectivity index (χ3v) is 3.63. The molecule has 0 saturated carbocycles. The van der Waals surface area contributed by atoms with E-state index in [1.807, 2.05) is 38.1 Å². The Morgan fingerprint density at radius 1 is 1.20 bits per heavy atom. The van der Waals surface area contributed by atoms with Crippen molar-refractivity contribution in [2.45, 2.75) is 20.3 Å². The Bertz CT molecular complexity index is 758. The number of hydrogen-bond donors (Lipinski definition) is 1. The number of carbonyl (C=O) groups is 1. The molecule has 2 heterocycles. The van der Waals surface area contributed by atoms with Crippen LogP contribution in [-0.4, -0.2) is 36.1 Å². The molecular weight excluding hydrogens is 314 g/mol. The fraction of sp³-hybridized carbons (Fsp3) is 0.250. The van der Waals surface area contributed by atoms with Gasteiger partial charge in [0, 0.05) is 17.7 Å². The molecular formula is C20H23N3O2. The van der Waals surface area contributed by atoms with E-state index in [4.69, 9.17) is 5.11 Å². The van der Waals surface area contributed by atoms with E-state index in [2.05, 4.69) is 22.2 Å². The molecule has 0 aliphatic carbocycles. The summed E-state index contributed by atoms with van der Waals surface area (Å²) in [5, 5.41) is 15.3. The van der Waals surface area contributed by atoms with E-state index in [-0.39, 0.29) is 5.56 Å². The summed E-state index contributed by atoms with van der Waals surface area (Å²) in [6, 6.07) is 6.77. The second-order valence-electron chi connectivity index (χ2n) is 5.19. The van der Waals surface area contributed by atoms with E-state index < -0.39 is 5.97 Å². The topological polar surface area (TPSA) is 65.3 Å². The highest BCUT2D eigenvalue weighted by molar-refractivity contribution is 6.17. The largest absolute Gasteiger partial charge is 0.478 e. The van der Waals surface area contributed by atoms with Gasteiger partial charge in [-0.1, -0.05) is 50.3 Å². The van der Waals surface area contributed by atoms with Crippen molar-refractivity contribution in [1.29, 1.82) is 0 Å². The molecule has 0 atom stereocenters. The van der Waals surface area contributed by atoms with Crippen molar-refractivity contribution >= 4 is 23.6 Å². The summed E-state index contributed by atoms with van der Waals surface area (Å²) in [5.74, 6) is -0.937. The molecule has 130 valence electrons. The van der Waals surface area contributed by atoms with E-state index in [1.165, 1.54) is 0 Å². The number of rotatable bonds is 3. The first-order valence-corrected chi connectivity index (χ1v) is 8.44. The number of nitrogens with zero attached hydrogens (tertiary/aromatic N) is 3. The summed E-state index contributed by atoms with van der Waals surface area (Å²) in [5.41, 5.74) is 3.07. The average molecular weight is 337 g/mol. The fourth-order valence-corrected chi connectivity index (χ4v) is 2.41. The first-order chi connectivity index (χ1) is 12.2. The quantitative estimate of drug-likeness (QED) is 0.903. The third-order valence-electron chi connectivity index (χ3n) is 3.63. The molecule has 0 bridgehead atoms. The van der Waals surface area contributed by atoms with Gasteiger partial charge in [-0.05, 0) is 18.2 Å². The Morgan fingerprint density at radius 3 is 2.72 bits per heavy atom. The smallest absolute Gasteiger partial charge is 0.335 e. The summed E-state index contributed by atoms with van der Waals surface area (Å²) in [7, 11) is 0. The molecule has 0 spiro atoms. The monoisotopic (exact) mass is 337 g/mol. The molecule has 0 fully saturated rings. The van der Waals surface area contributed by atoms with E-state index in [9.17, 15) is 4.79 Å². The molecule has 5 heteroatoms. The van der Waals surface area contributed by atoms with Crippen molar-refractivity contribution < 1.29 is 9.90 Å². The molecule has 0 unspecified atom stereocenters. The van der Waals surface area contributed by atoms with Gasteiger partial charge in [0.15, 0.2) is 0 Å². The minimum absolute atomic E-state index is 0.258. The highest BCUT2D eigenvalue weighted by Gasteiger charge is 2.13. The number of anilines is 1. The maximum absolute atomic E-state index is 11.1. The number of aliphatic imine (C=N–C) groups is 1. The van der Waals surface area contributed by atoms with Gasteiger partial charge in [0.1, 0.15) is 0 Å². The van der Waals surface area contributed by atoms with Crippen molar-refractivity contribution in [2.75, 3.05) is 18.1 Å². The molecule has 1 aromatic rings. The van der Waals surface area contributed by atoms with Crippen LogP contribution in [0.4, 0.5) is 5.69 Å². The Morgan fingerprint density at radius 2 is 2.00 bits per heavy atom. The molecule has 0 radical (unpaired) electrons. The minimum Gasteiger partial charge on any atom is -0.478 e. The number of carboxylic acid groups (broad SMARTS) is 1. The minimum atomic E-state index is -0.937. The highest BCUT2D eigenvalue weighted by atomic mass is 16.4. The number of carboxylic acids is 1. The lowest BCUT2D eigenvalue weighted by atomic mass is 10.1. The van der Waals surface area contributed by atoms with Crippen LogP contribution in [0.5, 0.6) is 0 Å². The summed E-state index contributed by atoms with van der Waals surface area (Å²) in [6.07, 6.45) is 12.8. The zero-order valence-electron chi connectivity index (χ0n) is 14.6. The van der Waals surface area contributed by atoms with E-state index >= 15 is 0 Å². The molecule has 2 aliphatic rings. The number of benzene rings is 1. The van der Waals surface area contributed by atoms with Crippen LogP contribution < -0.4 is 5.01 Å². The number of hydrazone groups is 1. The van der Waals surface area contributed by atoms with Gasteiger partial charge in [-0.2, -0.15) is 5.10 Å². The fourth-order valence-electron chi connectivity index (χ4n) is 2.41. The molecule has 2 aliphatic heterocycles. The van der Waals surface area contributed by atoms with Crippen molar-refractivity contribution in [3.8, 4) is 0 Å². The van der Waals surface area contributed by atoms with Crippen molar-refractivity contribution in [2.24, 2.45) is 10.1 Å². The maximum Gasteiger partial charge on any atom is 0.335 e. The molecule has 1 N–H and O–H groups in total. The lowest BCUT2D eigenvalue weighted by Crippen LogP contribution is -2.23. The van der Waals surface area contributed by atoms with Crippen LogP contribution in [0.25, 0.3) is 0 Å². The predicted octanol–water partition coefficient (Wildman–Crippen LogP) is 4.10. The molecule has 25 heavy (non-hydrogen) atoms. The second kappa shape index (κ2) is 9.37. The van der Waals surface area contributed by atoms with Gasteiger partial charge in [-0.25, -0.2) is 4.79 Å². The van der Waals surface area contributed by atoms with Gasteiger partial charge in [0.2, 0.25) is 0 Å². The summed E-state index contributed by atoms with van der Waals surface area (Å²) < 4.78 is 0. The van der Waals surface area contributed by atoms with Crippen LogP contribution >= 0.6 is 0 Å². The zero-order valence-corrected chi connectivity index (χ0v) is 14.6. The zero-order chi connectivity index (χ0) is 18.1. The van der Waals surface area contributed by atoms with Gasteiger partial charge in [-0.15, -0.1) is 0 Å². The standard InChI is InChI=1S/C18H17N3O2.C2H6/c22-18(23)14-6-5-7-16(12-14)21-11-9-15(13-20-21)17-8-3-1-2-4-10-19-17;1-2/h1-7,9,12-13H,8,10-11H2,(H,22,23);1-2H3/b3-1-,4-2?,19-17?;. The molecule has 0 aromatic heterocycles. The van der Waals surface area contributed by atoms with Crippen LogP contribution in [0, 0.1) is 0 Å². The highest BCUT2D eigenvalue weighted by Crippen LogP contribution is 2.19. The van der Waals surface area contributed by atoms with E-state index in [1.54, 1.807) is 29.4 Å². The Hall–Kier alpha value is -2.95. The van der Waals surface area contributed by atoms with Gasteiger partial charge in [-0.3, -0.25) is 10.0 Å². The van der Waals surface area contributed by atoms with Crippen LogP contribution in [0.3, 0.4) is 0 Å². The molecule has 1 aromatic carbocycles. The predicted molar refractivity (Wildman–Crippen MR) is 104 cm³/mol. The van der Waals surface area contributed by atoms with E-state index in [0.717, 1.165) is 23.4 Å². The van der Waals surface area contributed by atoms with Crippen LogP contribution in [0.1, 0.15) is 30.6 Å². The average Bonchev–Trinajstić information content (AvgIpc) is 2.63. The van der Waals surface area contributed by atoms with E-state index in [0.29, 0.717) is 13.1 Å². The third kappa shape index (κ3) is 5.01. The summed E-state index contributed by atoms with van der Waals surface area (Å²) in [6.45, 7) is 5.27. The number of aromatic carboxylic acids is 1. The van der Waals surface area contributed by atoms with Crippen LogP contribution in [0.15, 0.2) is 70.3 Å². The summed E-state index contributed by atoms with van der Waals surface area (Å²) in [4.78, 5) is 15.6. The van der Waals surface area contributed by atoms with Gasteiger partial charge >= 0.3 is 5.97 Å². The Labute approximate surface area is 148 Å². The van der Waals surface area contributed by atoms with Crippen molar-refractivity contribution in [3.05, 3.63) is 65.8 Å². The van der Waals surface area contributed by atoms with Gasteiger partial charge in [0.25, 0.3) is 0 Å².